The van der Waals surface area contributed by atoms with E-state index in [0.717, 1.165) is 44.8 Å². The highest BCUT2D eigenvalue weighted by molar-refractivity contribution is 5.99. The second-order valence-electron chi connectivity index (χ2n) is 13.3. The monoisotopic (exact) mass is 647 g/mol. The Morgan fingerprint density at radius 1 is 0.580 bits per heavy atom. The fourth-order valence-corrected chi connectivity index (χ4v) is 7.55. The van der Waals surface area contributed by atoms with Crippen LogP contribution in [0, 0.1) is 0 Å². The summed E-state index contributed by atoms with van der Waals surface area (Å²) in [6.45, 7) is 0. The standard InChI is InChI=1S/C45H37N5/c1-49-43(33-12-5-3-6-13-33)48-44(50(2)45(49)34-14-7-4-8-15-34)40-26-24-32-19-22-38(29-42(32)47-40)39-25-23-31-18-21-37(28-41(31)46-39)36-20-17-30-11-9-10-16-35(30)27-36/h3-29,40,44-45,47H,1-2H3. The molecule has 0 radical (unpaired) electrons. The molecule has 0 amide bonds. The molecule has 3 heterocycles. The van der Waals surface area contributed by atoms with Gasteiger partial charge in [0.1, 0.15) is 18.2 Å². The first kappa shape index (κ1) is 30.1. The molecule has 0 bridgehead atoms. The minimum atomic E-state index is -0.132. The van der Waals surface area contributed by atoms with Gasteiger partial charge >= 0.3 is 0 Å². The van der Waals surface area contributed by atoms with Crippen LogP contribution in [-0.2, 0) is 0 Å². The summed E-state index contributed by atoms with van der Waals surface area (Å²) in [7, 11) is 4.32. The zero-order valence-corrected chi connectivity index (χ0v) is 28.1. The van der Waals surface area contributed by atoms with Crippen molar-refractivity contribution in [1.82, 2.24) is 14.8 Å². The van der Waals surface area contributed by atoms with Crippen LogP contribution in [0.3, 0.4) is 0 Å². The number of pyridine rings is 1. The van der Waals surface area contributed by atoms with Gasteiger partial charge in [0, 0.05) is 29.2 Å². The Balaban J connectivity index is 1.04. The van der Waals surface area contributed by atoms with Crippen molar-refractivity contribution < 1.29 is 0 Å². The maximum atomic E-state index is 5.39. The summed E-state index contributed by atoms with van der Waals surface area (Å²) < 4.78 is 0. The normalized spacial score (nSPS) is 18.9. The molecule has 6 aromatic carbocycles. The summed E-state index contributed by atoms with van der Waals surface area (Å²) in [5.74, 6) is 0.987. The van der Waals surface area contributed by atoms with Crippen molar-refractivity contribution in [2.75, 3.05) is 19.4 Å². The van der Waals surface area contributed by atoms with Crippen LogP contribution in [0.5, 0.6) is 0 Å². The van der Waals surface area contributed by atoms with Crippen molar-refractivity contribution in [3.63, 3.8) is 0 Å². The van der Waals surface area contributed by atoms with Gasteiger partial charge < -0.3 is 10.2 Å². The molecule has 7 aromatic rings. The van der Waals surface area contributed by atoms with E-state index in [4.69, 9.17) is 9.98 Å². The predicted octanol–water partition coefficient (Wildman–Crippen LogP) is 9.88. The number of aliphatic imine (C=N–C) groups is 1. The fraction of sp³-hybridized carbons (Fsp3) is 0.111. The molecular formula is C45H37N5. The van der Waals surface area contributed by atoms with Crippen molar-refractivity contribution in [2.45, 2.75) is 18.4 Å². The number of hydrogen-bond donors (Lipinski definition) is 1. The van der Waals surface area contributed by atoms with E-state index in [9.17, 15) is 0 Å². The van der Waals surface area contributed by atoms with Crippen LogP contribution in [0.2, 0.25) is 0 Å². The lowest BCUT2D eigenvalue weighted by Crippen LogP contribution is -2.55. The van der Waals surface area contributed by atoms with Gasteiger partial charge in [0.05, 0.1) is 17.3 Å². The highest BCUT2D eigenvalue weighted by Gasteiger charge is 2.38. The quantitative estimate of drug-likeness (QED) is 0.202. The maximum Gasteiger partial charge on any atom is 0.133 e. The van der Waals surface area contributed by atoms with E-state index >= 15 is 0 Å². The third-order valence-electron chi connectivity index (χ3n) is 10.1. The molecule has 0 fully saturated rings. The predicted molar refractivity (Wildman–Crippen MR) is 208 cm³/mol. The molecule has 0 saturated carbocycles. The summed E-state index contributed by atoms with van der Waals surface area (Å²) >= 11 is 0. The summed E-state index contributed by atoms with van der Waals surface area (Å²) in [6.07, 6.45) is 4.38. The van der Waals surface area contributed by atoms with E-state index in [1.807, 2.05) is 0 Å². The number of fused-ring (bicyclic) bond motifs is 3. The first-order chi connectivity index (χ1) is 24.6. The molecular weight excluding hydrogens is 611 g/mol. The third-order valence-corrected chi connectivity index (χ3v) is 10.1. The van der Waals surface area contributed by atoms with Gasteiger partial charge in [-0.3, -0.25) is 4.90 Å². The SMILES string of the molecule is CN1C(c2ccccc2)=NC(C2C=Cc3ccc(-c4ccc5ccc(-c6ccc7ccccc7c6)cc5n4)cc3N2)N(C)C1c1ccccc1. The van der Waals surface area contributed by atoms with Crippen LogP contribution >= 0.6 is 0 Å². The molecule has 0 saturated heterocycles. The largest absolute Gasteiger partial charge is 0.375 e. The average molecular weight is 648 g/mol. The van der Waals surface area contributed by atoms with Crippen LogP contribution in [0.25, 0.3) is 50.1 Å². The Kier molecular flexibility index (Phi) is 7.48. The maximum absolute atomic E-state index is 5.39. The molecule has 1 N–H and O–H groups in total. The second-order valence-corrected chi connectivity index (χ2v) is 13.3. The minimum Gasteiger partial charge on any atom is -0.375 e. The highest BCUT2D eigenvalue weighted by Crippen LogP contribution is 2.36. The van der Waals surface area contributed by atoms with E-state index in [2.05, 4.69) is 193 Å². The summed E-state index contributed by atoms with van der Waals surface area (Å²) in [6, 6.07) is 53.8. The molecule has 242 valence electrons. The highest BCUT2D eigenvalue weighted by atomic mass is 15.5. The zero-order valence-electron chi connectivity index (χ0n) is 28.1. The first-order valence-electron chi connectivity index (χ1n) is 17.2. The number of amidine groups is 1. The molecule has 9 rings (SSSR count). The van der Waals surface area contributed by atoms with Gasteiger partial charge in [-0.2, -0.15) is 0 Å². The van der Waals surface area contributed by atoms with Crippen molar-refractivity contribution in [2.24, 2.45) is 4.99 Å². The molecule has 0 spiro atoms. The third kappa shape index (κ3) is 5.42. The molecule has 3 atom stereocenters. The van der Waals surface area contributed by atoms with Gasteiger partial charge in [0.25, 0.3) is 0 Å². The fourth-order valence-electron chi connectivity index (χ4n) is 7.55. The molecule has 5 nitrogen and oxygen atoms in total. The topological polar surface area (TPSA) is 43.8 Å². The lowest BCUT2D eigenvalue weighted by molar-refractivity contribution is 0.0715. The van der Waals surface area contributed by atoms with E-state index in [-0.39, 0.29) is 18.4 Å². The van der Waals surface area contributed by atoms with E-state index in [0.29, 0.717) is 0 Å². The van der Waals surface area contributed by atoms with Crippen LogP contribution in [0.1, 0.15) is 22.9 Å². The number of nitrogens with zero attached hydrogens (tertiary/aromatic N) is 4. The number of aromatic nitrogens is 1. The Morgan fingerprint density at radius 2 is 1.26 bits per heavy atom. The number of hydrogen-bond acceptors (Lipinski definition) is 5. The molecule has 50 heavy (non-hydrogen) atoms. The van der Waals surface area contributed by atoms with Crippen LogP contribution in [0.4, 0.5) is 5.69 Å². The van der Waals surface area contributed by atoms with Gasteiger partial charge in [-0.25, -0.2) is 9.98 Å². The molecule has 0 aliphatic carbocycles. The Labute approximate surface area is 292 Å². The van der Waals surface area contributed by atoms with E-state index in [1.165, 1.54) is 27.5 Å². The van der Waals surface area contributed by atoms with Crippen molar-refractivity contribution in [3.8, 4) is 22.4 Å². The number of likely N-dealkylation sites (N-methyl/N-ethyl adjacent to an activating group) is 1. The van der Waals surface area contributed by atoms with E-state index in [1.54, 1.807) is 0 Å². The molecule has 1 aromatic heterocycles. The molecule has 5 heteroatoms. The number of nitrogens with one attached hydrogen (secondary N) is 1. The van der Waals surface area contributed by atoms with Gasteiger partial charge in [-0.05, 0) is 64.3 Å². The average Bonchev–Trinajstić information content (AvgIpc) is 3.18. The van der Waals surface area contributed by atoms with Crippen molar-refractivity contribution in [1.29, 1.82) is 0 Å². The first-order valence-corrected chi connectivity index (χ1v) is 17.2. The van der Waals surface area contributed by atoms with Crippen LogP contribution in [0.15, 0.2) is 163 Å². The van der Waals surface area contributed by atoms with Gasteiger partial charge in [0.15, 0.2) is 0 Å². The summed E-state index contributed by atoms with van der Waals surface area (Å²) in [5, 5.41) is 7.48. The van der Waals surface area contributed by atoms with Crippen LogP contribution < -0.4 is 5.32 Å². The van der Waals surface area contributed by atoms with E-state index < -0.39 is 0 Å². The number of rotatable bonds is 5. The Hall–Kier alpha value is -6.04. The molecule has 2 aliphatic rings. The van der Waals surface area contributed by atoms with Gasteiger partial charge in [-0.1, -0.05) is 140 Å². The lowest BCUT2D eigenvalue weighted by Gasteiger charge is -2.47. The van der Waals surface area contributed by atoms with Crippen molar-refractivity contribution in [3.05, 3.63) is 174 Å². The zero-order chi connectivity index (χ0) is 33.6. The number of anilines is 1. The molecule has 3 unspecified atom stereocenters. The van der Waals surface area contributed by atoms with Gasteiger partial charge in [-0.15, -0.1) is 0 Å². The smallest absolute Gasteiger partial charge is 0.133 e. The van der Waals surface area contributed by atoms with Gasteiger partial charge in [0.2, 0.25) is 0 Å². The van der Waals surface area contributed by atoms with Crippen molar-refractivity contribution >= 4 is 39.3 Å². The molecule has 2 aliphatic heterocycles. The minimum absolute atomic E-state index is 0.0261. The Morgan fingerprint density at radius 3 is 2.08 bits per heavy atom. The summed E-state index contributed by atoms with van der Waals surface area (Å²) in [5.41, 5.74) is 9.97. The Bertz CT molecular complexity index is 2420. The number of benzene rings is 6. The lowest BCUT2D eigenvalue weighted by atomic mass is 9.98. The second kappa shape index (κ2) is 12.4. The van der Waals surface area contributed by atoms with Crippen LogP contribution in [-0.4, -0.2) is 46.9 Å². The summed E-state index contributed by atoms with van der Waals surface area (Å²) in [4.78, 5) is 15.2.